The highest BCUT2D eigenvalue weighted by Gasteiger charge is 2.28. The van der Waals surface area contributed by atoms with Crippen molar-refractivity contribution in [3.8, 4) is 6.07 Å². The van der Waals surface area contributed by atoms with E-state index in [4.69, 9.17) is 26.3 Å². The first-order chi connectivity index (χ1) is 8.50. The molecule has 0 bridgehead atoms. The Morgan fingerprint density at radius 1 is 1.39 bits per heavy atom. The van der Waals surface area contributed by atoms with Crippen molar-refractivity contribution < 1.29 is 9.47 Å². The molecule has 5 heteroatoms. The fourth-order valence-electron chi connectivity index (χ4n) is 1.70. The van der Waals surface area contributed by atoms with Crippen LogP contribution in [0.1, 0.15) is 19.4 Å². The standard InChI is InChI=1S/C13H15ClN2O2/c1-13(2)17-7-10(8-18-13)16-12-4-3-9(6-15)5-11(12)14/h3-5,10,16H,7-8H2,1-2H3. The van der Waals surface area contributed by atoms with E-state index in [1.54, 1.807) is 18.2 Å². The van der Waals surface area contributed by atoms with Crippen LogP contribution in [0.15, 0.2) is 18.2 Å². The molecule has 0 saturated carbocycles. The Hall–Kier alpha value is -1.28. The molecule has 96 valence electrons. The molecule has 0 aromatic heterocycles. The van der Waals surface area contributed by atoms with Crippen molar-refractivity contribution in [2.24, 2.45) is 0 Å². The van der Waals surface area contributed by atoms with Crippen molar-refractivity contribution in [3.63, 3.8) is 0 Å². The molecular formula is C13H15ClN2O2. The number of nitrogens with one attached hydrogen (secondary N) is 1. The molecular weight excluding hydrogens is 252 g/mol. The first kappa shape index (κ1) is 13.2. The van der Waals surface area contributed by atoms with Crippen LogP contribution >= 0.6 is 11.6 Å². The Morgan fingerprint density at radius 3 is 2.61 bits per heavy atom. The lowest BCUT2D eigenvalue weighted by Gasteiger charge is -2.35. The van der Waals surface area contributed by atoms with Gasteiger partial charge in [-0.15, -0.1) is 0 Å². The highest BCUT2D eigenvalue weighted by Crippen LogP contribution is 2.25. The Kier molecular flexibility index (Phi) is 3.76. The van der Waals surface area contributed by atoms with Crippen LogP contribution in [0.5, 0.6) is 0 Å². The molecule has 2 rings (SSSR count). The number of halogens is 1. The van der Waals surface area contributed by atoms with Gasteiger partial charge >= 0.3 is 0 Å². The number of rotatable bonds is 2. The van der Waals surface area contributed by atoms with Gasteiger partial charge in [0.2, 0.25) is 0 Å². The zero-order chi connectivity index (χ0) is 13.2. The third kappa shape index (κ3) is 3.14. The van der Waals surface area contributed by atoms with Crippen molar-refractivity contribution in [2.45, 2.75) is 25.7 Å². The third-order valence-corrected chi connectivity index (χ3v) is 3.03. The van der Waals surface area contributed by atoms with Crippen LogP contribution < -0.4 is 5.32 Å². The van der Waals surface area contributed by atoms with E-state index in [1.807, 2.05) is 19.9 Å². The smallest absolute Gasteiger partial charge is 0.162 e. The number of hydrogen-bond acceptors (Lipinski definition) is 4. The van der Waals surface area contributed by atoms with Crippen LogP contribution in [-0.2, 0) is 9.47 Å². The Bertz CT molecular complexity index is 472. The highest BCUT2D eigenvalue weighted by atomic mass is 35.5. The quantitative estimate of drug-likeness (QED) is 0.894. The minimum Gasteiger partial charge on any atom is -0.376 e. The van der Waals surface area contributed by atoms with Gasteiger partial charge in [0, 0.05) is 0 Å². The molecule has 1 aliphatic rings. The summed E-state index contributed by atoms with van der Waals surface area (Å²) in [7, 11) is 0. The van der Waals surface area contributed by atoms with Crippen molar-refractivity contribution >= 4 is 17.3 Å². The predicted molar refractivity (Wildman–Crippen MR) is 69.6 cm³/mol. The Balaban J connectivity index is 2.01. The number of anilines is 1. The predicted octanol–water partition coefficient (Wildman–Crippen LogP) is 2.78. The van der Waals surface area contributed by atoms with Crippen LogP contribution in [0, 0.1) is 11.3 Å². The van der Waals surface area contributed by atoms with Gasteiger partial charge in [-0.1, -0.05) is 11.6 Å². The minimum atomic E-state index is -0.521. The molecule has 1 aliphatic heterocycles. The summed E-state index contributed by atoms with van der Waals surface area (Å²) in [6.07, 6.45) is 0. The van der Waals surface area contributed by atoms with E-state index < -0.39 is 5.79 Å². The number of benzene rings is 1. The zero-order valence-electron chi connectivity index (χ0n) is 10.4. The minimum absolute atomic E-state index is 0.0588. The number of nitriles is 1. The molecule has 18 heavy (non-hydrogen) atoms. The first-order valence-electron chi connectivity index (χ1n) is 5.74. The SMILES string of the molecule is CC1(C)OCC(Nc2ccc(C#N)cc2Cl)CO1. The monoisotopic (exact) mass is 266 g/mol. The lowest BCUT2D eigenvalue weighted by molar-refractivity contribution is -0.247. The van der Waals surface area contributed by atoms with Crippen LogP contribution in [0.25, 0.3) is 0 Å². The summed E-state index contributed by atoms with van der Waals surface area (Å²) in [5.41, 5.74) is 1.33. The molecule has 1 heterocycles. The molecule has 0 amide bonds. The first-order valence-corrected chi connectivity index (χ1v) is 6.12. The number of hydrogen-bond donors (Lipinski definition) is 1. The summed E-state index contributed by atoms with van der Waals surface area (Å²) >= 11 is 6.09. The molecule has 0 atom stereocenters. The maximum Gasteiger partial charge on any atom is 0.162 e. The van der Waals surface area contributed by atoms with Crippen molar-refractivity contribution in [1.82, 2.24) is 0 Å². The lowest BCUT2D eigenvalue weighted by atomic mass is 10.2. The average molecular weight is 267 g/mol. The molecule has 4 nitrogen and oxygen atoms in total. The van der Waals surface area contributed by atoms with Crippen LogP contribution in [0.2, 0.25) is 5.02 Å². The second-order valence-corrected chi connectivity index (χ2v) is 5.08. The maximum atomic E-state index is 8.76. The average Bonchev–Trinajstić information content (AvgIpc) is 2.34. The maximum absolute atomic E-state index is 8.76. The van der Waals surface area contributed by atoms with E-state index in [0.29, 0.717) is 23.8 Å². The van der Waals surface area contributed by atoms with E-state index in [-0.39, 0.29) is 6.04 Å². The zero-order valence-corrected chi connectivity index (χ0v) is 11.1. The van der Waals surface area contributed by atoms with E-state index >= 15 is 0 Å². The second kappa shape index (κ2) is 5.15. The summed E-state index contributed by atoms with van der Waals surface area (Å²) in [5, 5.41) is 12.5. The molecule has 1 N–H and O–H groups in total. The fraction of sp³-hybridized carbons (Fsp3) is 0.462. The van der Waals surface area contributed by atoms with Gasteiger partial charge in [0.1, 0.15) is 0 Å². The summed E-state index contributed by atoms with van der Waals surface area (Å²) in [5.74, 6) is -0.521. The molecule has 1 saturated heterocycles. The molecule has 0 spiro atoms. The number of ether oxygens (including phenoxy) is 2. The Labute approximate surface area is 111 Å². The van der Waals surface area contributed by atoms with Gasteiger partial charge in [0.15, 0.2) is 5.79 Å². The van der Waals surface area contributed by atoms with Crippen molar-refractivity contribution in [1.29, 1.82) is 5.26 Å². The lowest BCUT2D eigenvalue weighted by Crippen LogP contribution is -2.45. The molecule has 0 unspecified atom stereocenters. The largest absolute Gasteiger partial charge is 0.376 e. The number of nitrogens with zero attached hydrogens (tertiary/aromatic N) is 1. The normalized spacial score (nSPS) is 19.2. The van der Waals surface area contributed by atoms with E-state index in [9.17, 15) is 0 Å². The summed E-state index contributed by atoms with van der Waals surface area (Å²) in [6, 6.07) is 7.26. The van der Waals surface area contributed by atoms with E-state index in [2.05, 4.69) is 5.32 Å². The van der Waals surface area contributed by atoms with Gasteiger partial charge < -0.3 is 14.8 Å². The molecule has 1 fully saturated rings. The van der Waals surface area contributed by atoms with Gasteiger partial charge in [0.05, 0.1) is 41.6 Å². The van der Waals surface area contributed by atoms with Crippen molar-refractivity contribution in [3.05, 3.63) is 28.8 Å². The molecule has 0 radical (unpaired) electrons. The van der Waals surface area contributed by atoms with Gasteiger partial charge in [-0.2, -0.15) is 5.26 Å². The molecule has 1 aromatic carbocycles. The van der Waals surface area contributed by atoms with Crippen LogP contribution in [0.4, 0.5) is 5.69 Å². The van der Waals surface area contributed by atoms with E-state index in [1.165, 1.54) is 0 Å². The highest BCUT2D eigenvalue weighted by molar-refractivity contribution is 6.33. The topological polar surface area (TPSA) is 54.3 Å². The van der Waals surface area contributed by atoms with Crippen LogP contribution in [-0.4, -0.2) is 25.0 Å². The van der Waals surface area contributed by atoms with Gasteiger partial charge in [0.25, 0.3) is 0 Å². The molecule has 0 aliphatic carbocycles. The summed E-state index contributed by atoms with van der Waals surface area (Å²) in [6.45, 7) is 4.89. The summed E-state index contributed by atoms with van der Waals surface area (Å²) in [4.78, 5) is 0. The third-order valence-electron chi connectivity index (χ3n) is 2.72. The van der Waals surface area contributed by atoms with Gasteiger partial charge in [-0.25, -0.2) is 0 Å². The van der Waals surface area contributed by atoms with Crippen molar-refractivity contribution in [2.75, 3.05) is 18.5 Å². The van der Waals surface area contributed by atoms with Gasteiger partial charge in [-0.3, -0.25) is 0 Å². The molecule has 1 aromatic rings. The van der Waals surface area contributed by atoms with Gasteiger partial charge in [-0.05, 0) is 32.0 Å². The van der Waals surface area contributed by atoms with E-state index in [0.717, 1.165) is 5.69 Å². The van der Waals surface area contributed by atoms with Crippen LogP contribution in [0.3, 0.4) is 0 Å². The fourth-order valence-corrected chi connectivity index (χ4v) is 1.93. The summed E-state index contributed by atoms with van der Waals surface area (Å²) < 4.78 is 11.1. The Morgan fingerprint density at radius 2 is 2.06 bits per heavy atom. The second-order valence-electron chi connectivity index (χ2n) is 4.67.